The highest BCUT2D eigenvalue weighted by Gasteiger charge is 2.50. The summed E-state index contributed by atoms with van der Waals surface area (Å²) < 4.78 is 74.0. The van der Waals surface area contributed by atoms with Crippen molar-refractivity contribution in [2.24, 2.45) is 0 Å². The summed E-state index contributed by atoms with van der Waals surface area (Å²) in [5.74, 6) is -4.30. The van der Waals surface area contributed by atoms with E-state index in [1.807, 2.05) is 0 Å². The Hall–Kier alpha value is -2.57. The lowest BCUT2D eigenvalue weighted by Gasteiger charge is -2.33. The molecular formula is C25H28F5N5O2. The minimum absolute atomic E-state index is 0.00321. The van der Waals surface area contributed by atoms with Crippen molar-refractivity contribution in [3.63, 3.8) is 0 Å². The topological polar surface area (TPSA) is 68.0 Å². The zero-order valence-corrected chi connectivity index (χ0v) is 20.2. The van der Waals surface area contributed by atoms with Crippen LogP contribution < -0.4 is 0 Å². The highest BCUT2D eigenvalue weighted by molar-refractivity contribution is 5.94. The number of nitrogens with one attached hydrogen (secondary N) is 1. The number of epoxide rings is 1. The molecule has 2 aromatic rings. The monoisotopic (exact) mass is 525 g/mol. The van der Waals surface area contributed by atoms with Crippen LogP contribution in [0.5, 0.6) is 0 Å². The summed E-state index contributed by atoms with van der Waals surface area (Å²) in [6, 6.07) is 1.74. The summed E-state index contributed by atoms with van der Waals surface area (Å²) in [5.41, 5.74) is 0.229. The number of nitrogens with zero attached hydrogens (tertiary/aromatic N) is 4. The molecule has 2 unspecified atom stereocenters. The first kappa shape index (κ1) is 24.7. The van der Waals surface area contributed by atoms with Crippen molar-refractivity contribution in [3.8, 4) is 0 Å². The molecule has 1 aromatic heterocycles. The highest BCUT2D eigenvalue weighted by atomic mass is 19.4. The SMILES string of the molecule is O=C(c1n[nH]c2c1CN(C1OC1N1CCCCC1)C2)N1CCC(c2ccc(F)c(F)c2C(F)(F)F)CC1. The van der Waals surface area contributed by atoms with Crippen LogP contribution in [0.2, 0.25) is 0 Å². The lowest BCUT2D eigenvalue weighted by molar-refractivity contribution is -0.141. The summed E-state index contributed by atoms with van der Waals surface area (Å²) in [4.78, 5) is 19.4. The Morgan fingerprint density at radius 1 is 0.973 bits per heavy atom. The van der Waals surface area contributed by atoms with Crippen molar-refractivity contribution in [1.29, 1.82) is 0 Å². The lowest BCUT2D eigenvalue weighted by Crippen LogP contribution is -2.39. The molecule has 0 bridgehead atoms. The largest absolute Gasteiger partial charge is 0.419 e. The molecule has 0 radical (unpaired) electrons. The molecule has 3 saturated heterocycles. The van der Waals surface area contributed by atoms with Crippen LogP contribution in [-0.4, -0.2) is 69.4 Å². The summed E-state index contributed by atoms with van der Waals surface area (Å²) in [5, 5.41) is 7.22. The number of carbonyl (C=O) groups excluding carboxylic acids is 1. The van der Waals surface area contributed by atoms with Crippen LogP contribution in [0, 0.1) is 11.6 Å². The van der Waals surface area contributed by atoms with Crippen LogP contribution in [0.25, 0.3) is 0 Å². The molecule has 37 heavy (non-hydrogen) atoms. The number of alkyl halides is 3. The zero-order chi connectivity index (χ0) is 25.9. The predicted molar refractivity (Wildman–Crippen MR) is 121 cm³/mol. The molecular weight excluding hydrogens is 497 g/mol. The van der Waals surface area contributed by atoms with Crippen LogP contribution in [0.15, 0.2) is 12.1 Å². The van der Waals surface area contributed by atoms with Crippen LogP contribution >= 0.6 is 0 Å². The standard InChI is InChI=1S/C25H28F5N5O2/c26-17-5-4-15(19(20(17)27)25(28,29)30)14-6-10-33(11-7-14)22(36)21-16-12-35(13-18(16)31-32-21)24-23(37-24)34-8-2-1-3-9-34/h4-5,14,23-24H,1-3,6-13H2,(H,31,32). The number of H-pyrrole nitrogens is 1. The van der Waals surface area contributed by atoms with Gasteiger partial charge >= 0.3 is 6.18 Å². The van der Waals surface area contributed by atoms with Gasteiger partial charge in [0.15, 0.2) is 29.8 Å². The number of hydrogen-bond donors (Lipinski definition) is 1. The maximum Gasteiger partial charge on any atom is 0.419 e. The molecule has 7 nitrogen and oxygen atoms in total. The zero-order valence-electron chi connectivity index (χ0n) is 20.2. The molecule has 1 N–H and O–H groups in total. The Bertz CT molecular complexity index is 1190. The number of benzene rings is 1. The van der Waals surface area contributed by atoms with E-state index in [-0.39, 0.29) is 49.9 Å². The fourth-order valence-electron chi connectivity index (χ4n) is 6.06. The Labute approximate surface area is 210 Å². The first-order chi connectivity index (χ1) is 17.7. The van der Waals surface area contributed by atoms with Gasteiger partial charge in [-0.2, -0.15) is 18.3 Å². The normalized spacial score (nSPS) is 25.5. The van der Waals surface area contributed by atoms with Crippen LogP contribution in [0.3, 0.4) is 0 Å². The number of piperidine rings is 2. The second kappa shape index (κ2) is 9.32. The van der Waals surface area contributed by atoms with Gasteiger partial charge in [-0.3, -0.25) is 19.7 Å². The summed E-state index contributed by atoms with van der Waals surface area (Å²) in [7, 11) is 0. The second-order valence-electron chi connectivity index (χ2n) is 10.3. The smallest absolute Gasteiger partial charge is 0.337 e. The average molecular weight is 526 g/mol. The Morgan fingerprint density at radius 3 is 2.38 bits per heavy atom. The minimum Gasteiger partial charge on any atom is -0.337 e. The number of aromatic amines is 1. The average Bonchev–Trinajstić information content (AvgIpc) is 3.42. The van der Waals surface area contributed by atoms with Crippen LogP contribution in [0.4, 0.5) is 22.0 Å². The van der Waals surface area contributed by atoms with E-state index in [0.717, 1.165) is 36.5 Å². The van der Waals surface area contributed by atoms with Gasteiger partial charge in [-0.05, 0) is 43.2 Å². The van der Waals surface area contributed by atoms with E-state index in [0.29, 0.717) is 18.8 Å². The van der Waals surface area contributed by atoms with Crippen LogP contribution in [0.1, 0.15) is 70.9 Å². The molecule has 3 fully saturated rings. The molecule has 2 atom stereocenters. The van der Waals surface area contributed by atoms with E-state index in [9.17, 15) is 26.7 Å². The van der Waals surface area contributed by atoms with Crippen molar-refractivity contribution in [2.75, 3.05) is 26.2 Å². The molecule has 1 aromatic carbocycles. The molecule has 6 rings (SSSR count). The maximum atomic E-state index is 14.1. The molecule has 4 aliphatic heterocycles. The van der Waals surface area contributed by atoms with E-state index < -0.39 is 29.3 Å². The highest BCUT2D eigenvalue weighted by Crippen LogP contribution is 2.41. The molecule has 0 aliphatic carbocycles. The number of amides is 1. The van der Waals surface area contributed by atoms with E-state index in [1.54, 1.807) is 4.90 Å². The fourth-order valence-corrected chi connectivity index (χ4v) is 6.06. The van der Waals surface area contributed by atoms with Crippen LogP contribution in [-0.2, 0) is 24.0 Å². The number of hydrogen-bond acceptors (Lipinski definition) is 5. The molecule has 1 amide bonds. The first-order valence-corrected chi connectivity index (χ1v) is 12.8. The number of rotatable bonds is 4. The van der Waals surface area contributed by atoms with Gasteiger partial charge in [0, 0.05) is 44.8 Å². The predicted octanol–water partition coefficient (Wildman–Crippen LogP) is 4.21. The van der Waals surface area contributed by atoms with E-state index in [1.165, 1.54) is 19.3 Å². The van der Waals surface area contributed by atoms with Crippen molar-refractivity contribution in [3.05, 3.63) is 51.8 Å². The molecule has 200 valence electrons. The number of aromatic nitrogens is 2. The number of carbonyl (C=O) groups is 1. The Morgan fingerprint density at radius 2 is 1.68 bits per heavy atom. The van der Waals surface area contributed by atoms with E-state index >= 15 is 0 Å². The van der Waals surface area contributed by atoms with Gasteiger partial charge in [-0.1, -0.05) is 12.5 Å². The lowest BCUT2D eigenvalue weighted by atomic mass is 9.86. The molecule has 4 aliphatic rings. The molecule has 0 spiro atoms. The van der Waals surface area contributed by atoms with Gasteiger partial charge < -0.3 is 9.64 Å². The number of halogens is 5. The first-order valence-electron chi connectivity index (χ1n) is 12.8. The number of ether oxygens (including phenoxy) is 1. The van der Waals surface area contributed by atoms with Crippen molar-refractivity contribution in [1.82, 2.24) is 24.9 Å². The number of likely N-dealkylation sites (tertiary alicyclic amines) is 2. The van der Waals surface area contributed by atoms with Crippen molar-refractivity contribution in [2.45, 2.75) is 69.7 Å². The van der Waals surface area contributed by atoms with Gasteiger partial charge in [0.2, 0.25) is 0 Å². The van der Waals surface area contributed by atoms with E-state index in [4.69, 9.17) is 4.74 Å². The Balaban J connectivity index is 1.10. The molecule has 5 heterocycles. The fraction of sp³-hybridized carbons (Fsp3) is 0.600. The van der Waals surface area contributed by atoms with E-state index in [2.05, 4.69) is 20.0 Å². The third kappa shape index (κ3) is 4.52. The summed E-state index contributed by atoms with van der Waals surface area (Å²) >= 11 is 0. The third-order valence-corrected chi connectivity index (χ3v) is 8.07. The summed E-state index contributed by atoms with van der Waals surface area (Å²) in [6.07, 6.45) is -0.880. The van der Waals surface area contributed by atoms with Gasteiger partial charge in [-0.25, -0.2) is 8.78 Å². The van der Waals surface area contributed by atoms with Gasteiger partial charge in [0.1, 0.15) is 0 Å². The van der Waals surface area contributed by atoms with Gasteiger partial charge in [0.05, 0.1) is 11.3 Å². The third-order valence-electron chi connectivity index (χ3n) is 8.07. The maximum absolute atomic E-state index is 14.1. The minimum atomic E-state index is -5.01. The number of fused-ring (bicyclic) bond motifs is 1. The van der Waals surface area contributed by atoms with Crippen molar-refractivity contribution >= 4 is 5.91 Å². The second-order valence-corrected chi connectivity index (χ2v) is 10.3. The molecule has 0 saturated carbocycles. The Kier molecular flexibility index (Phi) is 6.23. The van der Waals surface area contributed by atoms with Crippen molar-refractivity contribution < 1.29 is 31.5 Å². The summed E-state index contributed by atoms with van der Waals surface area (Å²) in [6.45, 7) is 3.64. The van der Waals surface area contributed by atoms with Gasteiger partial charge in [-0.15, -0.1) is 0 Å². The quantitative estimate of drug-likeness (QED) is 0.479. The molecule has 12 heteroatoms. The van der Waals surface area contributed by atoms with Gasteiger partial charge in [0.25, 0.3) is 5.91 Å².